The molecule has 1 aliphatic rings. The lowest BCUT2D eigenvalue weighted by Crippen LogP contribution is -2.02. The number of halogens is 1. The number of hydrogen-bond donors (Lipinski definition) is 1. The molecule has 1 aromatic heterocycles. The first-order chi connectivity index (χ1) is 9.22. The molecule has 4 heteroatoms. The van der Waals surface area contributed by atoms with Crippen LogP contribution >= 0.6 is 11.6 Å². The molecule has 0 fully saturated rings. The van der Waals surface area contributed by atoms with Gasteiger partial charge in [-0.1, -0.05) is 17.7 Å². The van der Waals surface area contributed by atoms with Crippen molar-refractivity contribution in [3.05, 3.63) is 46.6 Å². The monoisotopic (exact) mass is 274 g/mol. The Morgan fingerprint density at radius 1 is 1.11 bits per heavy atom. The number of pyridine rings is 1. The van der Waals surface area contributed by atoms with E-state index in [0.717, 1.165) is 18.6 Å². The summed E-state index contributed by atoms with van der Waals surface area (Å²) in [7, 11) is 0. The van der Waals surface area contributed by atoms with Crippen molar-refractivity contribution in [2.75, 3.05) is 5.73 Å². The molecule has 0 amide bonds. The maximum atomic E-state index is 6.06. The SMILES string of the molecule is Nc1cnc(Oc2ccc3c(c2)CCCC3)c(Cl)c1. The number of aryl methyl sites for hydroxylation is 2. The van der Waals surface area contributed by atoms with Crippen LogP contribution in [-0.2, 0) is 12.8 Å². The first-order valence-corrected chi connectivity index (χ1v) is 6.81. The standard InChI is InChI=1S/C15H15ClN2O/c16-14-8-12(17)9-18-15(14)19-13-6-5-10-3-1-2-4-11(10)7-13/h5-9H,1-4,17H2. The third-order valence-electron chi connectivity index (χ3n) is 3.36. The Bertz CT molecular complexity index is 613. The Morgan fingerprint density at radius 2 is 1.89 bits per heavy atom. The molecule has 0 radical (unpaired) electrons. The van der Waals surface area contributed by atoms with Gasteiger partial charge in [0.25, 0.3) is 0 Å². The quantitative estimate of drug-likeness (QED) is 0.901. The van der Waals surface area contributed by atoms with Crippen LogP contribution in [0.5, 0.6) is 11.6 Å². The fourth-order valence-corrected chi connectivity index (χ4v) is 2.61. The molecule has 98 valence electrons. The van der Waals surface area contributed by atoms with Crippen LogP contribution < -0.4 is 10.5 Å². The molecular weight excluding hydrogens is 260 g/mol. The maximum absolute atomic E-state index is 6.06. The highest BCUT2D eigenvalue weighted by Gasteiger charge is 2.11. The zero-order valence-corrected chi connectivity index (χ0v) is 11.3. The van der Waals surface area contributed by atoms with Crippen LogP contribution in [0.4, 0.5) is 5.69 Å². The van der Waals surface area contributed by atoms with Crippen LogP contribution in [0.2, 0.25) is 5.02 Å². The molecule has 2 aromatic rings. The fraction of sp³-hybridized carbons (Fsp3) is 0.267. The van der Waals surface area contributed by atoms with Gasteiger partial charge < -0.3 is 10.5 Å². The number of aromatic nitrogens is 1. The number of fused-ring (bicyclic) bond motifs is 1. The number of nitrogen functional groups attached to an aromatic ring is 1. The number of anilines is 1. The largest absolute Gasteiger partial charge is 0.438 e. The van der Waals surface area contributed by atoms with E-state index in [1.165, 1.54) is 24.0 Å². The number of nitrogens with two attached hydrogens (primary N) is 1. The van der Waals surface area contributed by atoms with Crippen LogP contribution in [0.3, 0.4) is 0 Å². The molecule has 0 spiro atoms. The first-order valence-electron chi connectivity index (χ1n) is 6.43. The zero-order chi connectivity index (χ0) is 13.2. The number of ether oxygens (including phenoxy) is 1. The van der Waals surface area contributed by atoms with Gasteiger partial charge in [0.1, 0.15) is 10.8 Å². The van der Waals surface area contributed by atoms with Crippen molar-refractivity contribution >= 4 is 17.3 Å². The predicted molar refractivity (Wildman–Crippen MR) is 76.8 cm³/mol. The predicted octanol–water partition coefficient (Wildman–Crippen LogP) is 3.99. The molecule has 19 heavy (non-hydrogen) atoms. The lowest BCUT2D eigenvalue weighted by molar-refractivity contribution is 0.462. The van der Waals surface area contributed by atoms with E-state index in [9.17, 15) is 0 Å². The van der Waals surface area contributed by atoms with Gasteiger partial charge in [-0.2, -0.15) is 0 Å². The molecule has 0 saturated carbocycles. The summed E-state index contributed by atoms with van der Waals surface area (Å²) in [6.45, 7) is 0. The van der Waals surface area contributed by atoms with Gasteiger partial charge in [0.2, 0.25) is 5.88 Å². The molecule has 3 nitrogen and oxygen atoms in total. The van der Waals surface area contributed by atoms with Gasteiger partial charge in [0, 0.05) is 0 Å². The van der Waals surface area contributed by atoms with Gasteiger partial charge in [-0.05, 0) is 55.0 Å². The molecule has 0 bridgehead atoms. The normalized spacial score (nSPS) is 13.9. The van der Waals surface area contributed by atoms with Crippen LogP contribution in [0.1, 0.15) is 24.0 Å². The lowest BCUT2D eigenvalue weighted by Gasteiger charge is -2.16. The molecule has 0 atom stereocenters. The molecule has 1 heterocycles. The Balaban J connectivity index is 1.87. The van der Waals surface area contributed by atoms with E-state index in [1.807, 2.05) is 6.07 Å². The van der Waals surface area contributed by atoms with Crippen LogP contribution in [-0.4, -0.2) is 4.98 Å². The lowest BCUT2D eigenvalue weighted by atomic mass is 9.92. The van der Waals surface area contributed by atoms with E-state index in [1.54, 1.807) is 12.3 Å². The van der Waals surface area contributed by atoms with Crippen LogP contribution in [0.25, 0.3) is 0 Å². The minimum atomic E-state index is 0.395. The van der Waals surface area contributed by atoms with E-state index >= 15 is 0 Å². The van der Waals surface area contributed by atoms with E-state index in [2.05, 4.69) is 17.1 Å². The molecule has 1 aromatic carbocycles. The fourth-order valence-electron chi connectivity index (χ4n) is 2.40. The second-order valence-corrected chi connectivity index (χ2v) is 5.20. The molecule has 2 N–H and O–H groups in total. The highest BCUT2D eigenvalue weighted by Crippen LogP contribution is 2.31. The van der Waals surface area contributed by atoms with Crippen molar-refractivity contribution in [3.8, 4) is 11.6 Å². The van der Waals surface area contributed by atoms with Gasteiger partial charge in [-0.15, -0.1) is 0 Å². The third-order valence-corrected chi connectivity index (χ3v) is 3.63. The maximum Gasteiger partial charge on any atom is 0.238 e. The topological polar surface area (TPSA) is 48.1 Å². The number of hydrogen-bond acceptors (Lipinski definition) is 3. The van der Waals surface area contributed by atoms with E-state index in [4.69, 9.17) is 22.1 Å². The van der Waals surface area contributed by atoms with Crippen molar-refractivity contribution in [1.29, 1.82) is 0 Å². The minimum absolute atomic E-state index is 0.395. The molecule has 3 rings (SSSR count). The van der Waals surface area contributed by atoms with Gasteiger partial charge in [0.15, 0.2) is 0 Å². The van der Waals surface area contributed by atoms with E-state index in [0.29, 0.717) is 16.6 Å². The van der Waals surface area contributed by atoms with Crippen LogP contribution in [0.15, 0.2) is 30.5 Å². The second-order valence-electron chi connectivity index (χ2n) is 4.80. The Labute approximate surface area is 117 Å². The van der Waals surface area contributed by atoms with Crippen molar-refractivity contribution in [2.45, 2.75) is 25.7 Å². The average molecular weight is 275 g/mol. The number of benzene rings is 1. The van der Waals surface area contributed by atoms with Crippen LogP contribution in [0, 0.1) is 0 Å². The molecular formula is C15H15ClN2O. The summed E-state index contributed by atoms with van der Waals surface area (Å²) < 4.78 is 5.73. The molecule has 1 aliphatic carbocycles. The molecule has 0 unspecified atom stereocenters. The summed E-state index contributed by atoms with van der Waals surface area (Å²) >= 11 is 6.06. The highest BCUT2D eigenvalue weighted by atomic mass is 35.5. The van der Waals surface area contributed by atoms with E-state index < -0.39 is 0 Å². The zero-order valence-electron chi connectivity index (χ0n) is 10.5. The Hall–Kier alpha value is -1.74. The summed E-state index contributed by atoms with van der Waals surface area (Å²) in [6, 6.07) is 7.83. The summed E-state index contributed by atoms with van der Waals surface area (Å²) in [5.41, 5.74) is 8.94. The van der Waals surface area contributed by atoms with Gasteiger partial charge in [0.05, 0.1) is 11.9 Å². The number of nitrogens with zero attached hydrogens (tertiary/aromatic N) is 1. The first kappa shape index (κ1) is 12.3. The average Bonchev–Trinajstić information content (AvgIpc) is 2.42. The van der Waals surface area contributed by atoms with Crippen molar-refractivity contribution in [1.82, 2.24) is 4.98 Å². The van der Waals surface area contributed by atoms with Crippen molar-refractivity contribution in [2.24, 2.45) is 0 Å². The summed E-state index contributed by atoms with van der Waals surface area (Å²) in [5.74, 6) is 1.17. The summed E-state index contributed by atoms with van der Waals surface area (Å²) in [4.78, 5) is 4.11. The Morgan fingerprint density at radius 3 is 2.68 bits per heavy atom. The molecule has 0 saturated heterocycles. The van der Waals surface area contributed by atoms with Gasteiger partial charge in [-0.3, -0.25) is 0 Å². The van der Waals surface area contributed by atoms with Gasteiger partial charge >= 0.3 is 0 Å². The summed E-state index contributed by atoms with van der Waals surface area (Å²) in [6.07, 6.45) is 6.35. The van der Waals surface area contributed by atoms with E-state index in [-0.39, 0.29) is 0 Å². The van der Waals surface area contributed by atoms with Crippen molar-refractivity contribution in [3.63, 3.8) is 0 Å². The van der Waals surface area contributed by atoms with Crippen molar-refractivity contribution < 1.29 is 4.74 Å². The number of rotatable bonds is 2. The highest BCUT2D eigenvalue weighted by molar-refractivity contribution is 6.32. The smallest absolute Gasteiger partial charge is 0.238 e. The molecule has 0 aliphatic heterocycles. The second kappa shape index (κ2) is 5.10. The Kier molecular flexibility index (Phi) is 3.30. The summed E-state index contributed by atoms with van der Waals surface area (Å²) in [5, 5.41) is 0.428. The third kappa shape index (κ3) is 2.66. The van der Waals surface area contributed by atoms with Gasteiger partial charge in [-0.25, -0.2) is 4.98 Å². The minimum Gasteiger partial charge on any atom is -0.438 e.